The van der Waals surface area contributed by atoms with E-state index in [2.05, 4.69) is 12.4 Å². The van der Waals surface area contributed by atoms with Crippen molar-refractivity contribution in [2.45, 2.75) is 31.7 Å². The van der Waals surface area contributed by atoms with E-state index in [1.807, 2.05) is 0 Å². The Morgan fingerprint density at radius 2 is 2.00 bits per heavy atom. The SMILES string of the molecule is CN[C@@H]1C[C@@H]2CC[C@H]1C2.Cl. The fourth-order valence-corrected chi connectivity index (χ4v) is 2.60. The third kappa shape index (κ3) is 1.17. The average Bonchev–Trinajstić information content (AvgIpc) is 2.45. The zero-order valence-corrected chi connectivity index (χ0v) is 7.29. The maximum Gasteiger partial charge on any atom is 0.00950 e. The van der Waals surface area contributed by atoms with Crippen LogP contribution in [0.5, 0.6) is 0 Å². The summed E-state index contributed by atoms with van der Waals surface area (Å²) >= 11 is 0. The molecule has 1 N–H and O–H groups in total. The predicted molar refractivity (Wildman–Crippen MR) is 45.5 cm³/mol. The number of fused-ring (bicyclic) bond motifs is 2. The van der Waals surface area contributed by atoms with E-state index in [-0.39, 0.29) is 12.4 Å². The highest BCUT2D eigenvalue weighted by Gasteiger charge is 2.38. The van der Waals surface area contributed by atoms with E-state index in [1.54, 1.807) is 0 Å². The van der Waals surface area contributed by atoms with Crippen LogP contribution < -0.4 is 5.32 Å². The smallest absolute Gasteiger partial charge is 0.00950 e. The number of hydrogen-bond donors (Lipinski definition) is 1. The summed E-state index contributed by atoms with van der Waals surface area (Å²) in [6, 6.07) is 0.878. The van der Waals surface area contributed by atoms with Crippen LogP contribution in [-0.2, 0) is 0 Å². The molecule has 2 rings (SSSR count). The molecule has 0 heterocycles. The van der Waals surface area contributed by atoms with Crippen LogP contribution in [-0.4, -0.2) is 13.1 Å². The number of hydrogen-bond acceptors (Lipinski definition) is 1. The van der Waals surface area contributed by atoms with Crippen LogP contribution in [0, 0.1) is 11.8 Å². The van der Waals surface area contributed by atoms with Crippen LogP contribution in [0.3, 0.4) is 0 Å². The second kappa shape index (κ2) is 3.10. The van der Waals surface area contributed by atoms with Gasteiger partial charge in [-0.25, -0.2) is 0 Å². The van der Waals surface area contributed by atoms with Crippen molar-refractivity contribution < 1.29 is 0 Å². The predicted octanol–water partition coefficient (Wildman–Crippen LogP) is 1.82. The van der Waals surface area contributed by atoms with Gasteiger partial charge in [-0.15, -0.1) is 12.4 Å². The molecule has 60 valence electrons. The maximum atomic E-state index is 3.40. The molecule has 2 bridgehead atoms. The van der Waals surface area contributed by atoms with Crippen LogP contribution in [0.15, 0.2) is 0 Å². The molecule has 0 unspecified atom stereocenters. The van der Waals surface area contributed by atoms with Gasteiger partial charge in [-0.1, -0.05) is 6.42 Å². The highest BCUT2D eigenvalue weighted by Crippen LogP contribution is 2.44. The number of halogens is 1. The highest BCUT2D eigenvalue weighted by atomic mass is 35.5. The molecule has 0 radical (unpaired) electrons. The Balaban J connectivity index is 0.000000500. The Labute approximate surface area is 69.0 Å². The fraction of sp³-hybridized carbons (Fsp3) is 1.00. The van der Waals surface area contributed by atoms with Gasteiger partial charge in [0, 0.05) is 6.04 Å². The molecule has 2 saturated carbocycles. The van der Waals surface area contributed by atoms with Crippen molar-refractivity contribution in [2.75, 3.05) is 7.05 Å². The molecule has 0 saturated heterocycles. The second-order valence-corrected chi connectivity index (χ2v) is 3.57. The van der Waals surface area contributed by atoms with Crippen molar-refractivity contribution in [1.82, 2.24) is 5.32 Å². The summed E-state index contributed by atoms with van der Waals surface area (Å²) < 4.78 is 0. The zero-order valence-electron chi connectivity index (χ0n) is 6.47. The Hall–Kier alpha value is 0.250. The summed E-state index contributed by atoms with van der Waals surface area (Å²) in [6.07, 6.45) is 5.99. The second-order valence-electron chi connectivity index (χ2n) is 3.57. The molecule has 0 aliphatic heterocycles. The van der Waals surface area contributed by atoms with E-state index in [4.69, 9.17) is 0 Å². The molecular formula is C8H16ClN. The minimum atomic E-state index is 0. The average molecular weight is 162 g/mol. The normalized spacial score (nSPS) is 43.5. The van der Waals surface area contributed by atoms with Gasteiger partial charge in [0.05, 0.1) is 0 Å². The molecule has 1 nitrogen and oxygen atoms in total. The largest absolute Gasteiger partial charge is 0.317 e. The summed E-state index contributed by atoms with van der Waals surface area (Å²) in [6.45, 7) is 0. The van der Waals surface area contributed by atoms with E-state index in [1.165, 1.54) is 25.7 Å². The van der Waals surface area contributed by atoms with Crippen molar-refractivity contribution in [1.29, 1.82) is 0 Å². The molecule has 2 fully saturated rings. The lowest BCUT2D eigenvalue weighted by molar-refractivity contribution is 0.372. The van der Waals surface area contributed by atoms with Gasteiger partial charge in [-0.05, 0) is 38.1 Å². The summed E-state index contributed by atoms with van der Waals surface area (Å²) in [5.74, 6) is 2.13. The summed E-state index contributed by atoms with van der Waals surface area (Å²) in [5.41, 5.74) is 0. The number of nitrogens with one attached hydrogen (secondary N) is 1. The van der Waals surface area contributed by atoms with Crippen molar-refractivity contribution in [3.8, 4) is 0 Å². The molecule has 0 amide bonds. The first kappa shape index (κ1) is 8.35. The fourth-order valence-electron chi connectivity index (χ4n) is 2.60. The van der Waals surface area contributed by atoms with Gasteiger partial charge in [0.1, 0.15) is 0 Å². The molecule has 0 aromatic rings. The Kier molecular flexibility index (Phi) is 2.59. The van der Waals surface area contributed by atoms with E-state index in [9.17, 15) is 0 Å². The van der Waals surface area contributed by atoms with E-state index in [0.717, 1.165) is 17.9 Å². The lowest BCUT2D eigenvalue weighted by Crippen LogP contribution is -2.30. The topological polar surface area (TPSA) is 12.0 Å². The molecule has 0 aromatic heterocycles. The first-order chi connectivity index (χ1) is 4.40. The third-order valence-electron chi connectivity index (χ3n) is 3.11. The standard InChI is InChI=1S/C8H15N.ClH/c1-9-8-5-6-2-3-7(8)4-6;/h6-9H,2-5H2,1H3;1H/t6-,7+,8-;/m1./s1. The van der Waals surface area contributed by atoms with Crippen LogP contribution in [0.2, 0.25) is 0 Å². The van der Waals surface area contributed by atoms with Crippen molar-refractivity contribution >= 4 is 12.4 Å². The molecule has 2 aliphatic rings. The third-order valence-corrected chi connectivity index (χ3v) is 3.11. The Morgan fingerprint density at radius 1 is 1.20 bits per heavy atom. The molecule has 2 aliphatic carbocycles. The van der Waals surface area contributed by atoms with Crippen LogP contribution in [0.1, 0.15) is 25.7 Å². The van der Waals surface area contributed by atoms with Gasteiger partial charge < -0.3 is 5.32 Å². The minimum absolute atomic E-state index is 0. The van der Waals surface area contributed by atoms with Crippen LogP contribution >= 0.6 is 12.4 Å². The van der Waals surface area contributed by atoms with Crippen molar-refractivity contribution in [3.63, 3.8) is 0 Å². The van der Waals surface area contributed by atoms with E-state index >= 15 is 0 Å². The molecule has 10 heavy (non-hydrogen) atoms. The first-order valence-corrected chi connectivity index (χ1v) is 4.07. The molecule has 0 spiro atoms. The highest BCUT2D eigenvalue weighted by molar-refractivity contribution is 5.85. The van der Waals surface area contributed by atoms with Gasteiger partial charge in [0.2, 0.25) is 0 Å². The van der Waals surface area contributed by atoms with Gasteiger partial charge >= 0.3 is 0 Å². The van der Waals surface area contributed by atoms with Gasteiger partial charge in [-0.2, -0.15) is 0 Å². The molecule has 0 aromatic carbocycles. The lowest BCUT2D eigenvalue weighted by Gasteiger charge is -2.20. The van der Waals surface area contributed by atoms with E-state index < -0.39 is 0 Å². The lowest BCUT2D eigenvalue weighted by atomic mass is 9.96. The van der Waals surface area contributed by atoms with Crippen molar-refractivity contribution in [2.24, 2.45) is 11.8 Å². The Bertz CT molecular complexity index is 116. The van der Waals surface area contributed by atoms with Gasteiger partial charge in [-0.3, -0.25) is 0 Å². The van der Waals surface area contributed by atoms with Crippen LogP contribution in [0.4, 0.5) is 0 Å². The monoisotopic (exact) mass is 161 g/mol. The maximum absolute atomic E-state index is 3.40. The minimum Gasteiger partial charge on any atom is -0.317 e. The summed E-state index contributed by atoms with van der Waals surface area (Å²) in [5, 5.41) is 3.40. The first-order valence-electron chi connectivity index (χ1n) is 4.07. The Morgan fingerprint density at radius 3 is 2.30 bits per heavy atom. The summed E-state index contributed by atoms with van der Waals surface area (Å²) in [7, 11) is 2.10. The quantitative estimate of drug-likeness (QED) is 0.619. The van der Waals surface area contributed by atoms with Gasteiger partial charge in [0.15, 0.2) is 0 Å². The van der Waals surface area contributed by atoms with Crippen molar-refractivity contribution in [3.05, 3.63) is 0 Å². The van der Waals surface area contributed by atoms with Gasteiger partial charge in [0.25, 0.3) is 0 Å². The zero-order chi connectivity index (χ0) is 6.27. The molecular weight excluding hydrogens is 146 g/mol. The van der Waals surface area contributed by atoms with Crippen LogP contribution in [0.25, 0.3) is 0 Å². The number of rotatable bonds is 1. The van der Waals surface area contributed by atoms with E-state index in [0.29, 0.717) is 0 Å². The molecule has 3 atom stereocenters. The molecule has 2 heteroatoms. The summed E-state index contributed by atoms with van der Waals surface area (Å²) in [4.78, 5) is 0.